The summed E-state index contributed by atoms with van der Waals surface area (Å²) in [4.78, 5) is 16.5. The highest BCUT2D eigenvalue weighted by molar-refractivity contribution is 6.30. The van der Waals surface area contributed by atoms with Crippen molar-refractivity contribution in [1.82, 2.24) is 4.98 Å². The van der Waals surface area contributed by atoms with Gasteiger partial charge >= 0.3 is 5.97 Å². The second-order valence-electron chi connectivity index (χ2n) is 4.93. The molecule has 1 heterocycles. The van der Waals surface area contributed by atoms with Crippen molar-refractivity contribution >= 4 is 29.2 Å². The van der Waals surface area contributed by atoms with E-state index in [1.165, 1.54) is 0 Å². The summed E-state index contributed by atoms with van der Waals surface area (Å²) in [6.07, 6.45) is 0. The maximum absolute atomic E-state index is 12.2. The number of esters is 1. The van der Waals surface area contributed by atoms with Gasteiger partial charge in [0.1, 0.15) is 0 Å². The molecule has 0 atom stereocenters. The lowest BCUT2D eigenvalue weighted by Gasteiger charge is -2.01. The molecule has 0 bridgehead atoms. The Hall–Kier alpha value is -2.30. The molecule has 2 aromatic carbocycles. The fourth-order valence-electron chi connectivity index (χ4n) is 2.17. The Bertz CT molecular complexity index is 855. The third kappa shape index (κ3) is 3.45. The number of hydrogen-bond donors (Lipinski definition) is 0. The normalized spacial score (nSPS) is 10.6. The van der Waals surface area contributed by atoms with E-state index in [-0.39, 0.29) is 12.3 Å². The number of halogens is 2. The van der Waals surface area contributed by atoms with Crippen LogP contribution in [0.4, 0.5) is 0 Å². The molecule has 3 rings (SSSR count). The quantitative estimate of drug-likeness (QED) is 0.576. The monoisotopic (exact) mass is 361 g/mol. The van der Waals surface area contributed by atoms with Gasteiger partial charge in [-0.1, -0.05) is 23.2 Å². The van der Waals surface area contributed by atoms with Gasteiger partial charge in [0, 0.05) is 21.2 Å². The Balaban J connectivity index is 2.10. The summed E-state index contributed by atoms with van der Waals surface area (Å²) in [5, 5.41) is 1.20. The standard InChI is InChI=1S/C18H13Cl2NO3/c1-2-23-18(22)15-16(11-3-7-13(19)8-4-11)24-17(21-15)12-5-9-14(20)10-6-12/h3-10H,2H2,1H3. The van der Waals surface area contributed by atoms with E-state index in [9.17, 15) is 4.79 Å². The van der Waals surface area contributed by atoms with Crippen molar-refractivity contribution in [3.63, 3.8) is 0 Å². The lowest BCUT2D eigenvalue weighted by molar-refractivity contribution is 0.0520. The summed E-state index contributed by atoms with van der Waals surface area (Å²) in [5.74, 6) is 0.126. The van der Waals surface area contributed by atoms with Gasteiger partial charge in [0.15, 0.2) is 11.5 Å². The third-order valence-corrected chi connectivity index (χ3v) is 3.80. The number of ether oxygens (including phenoxy) is 1. The number of carbonyl (C=O) groups excluding carboxylic acids is 1. The van der Waals surface area contributed by atoms with Crippen LogP contribution < -0.4 is 0 Å². The van der Waals surface area contributed by atoms with E-state index in [1.54, 1.807) is 55.5 Å². The smallest absolute Gasteiger partial charge is 0.361 e. The second-order valence-corrected chi connectivity index (χ2v) is 5.80. The van der Waals surface area contributed by atoms with E-state index < -0.39 is 5.97 Å². The molecule has 0 spiro atoms. The zero-order chi connectivity index (χ0) is 17.1. The largest absolute Gasteiger partial charge is 0.461 e. The van der Waals surface area contributed by atoms with Crippen LogP contribution in [0.3, 0.4) is 0 Å². The van der Waals surface area contributed by atoms with Crippen LogP contribution in [0.2, 0.25) is 10.0 Å². The number of oxazole rings is 1. The van der Waals surface area contributed by atoms with E-state index in [0.29, 0.717) is 32.8 Å². The minimum atomic E-state index is -0.536. The fourth-order valence-corrected chi connectivity index (χ4v) is 2.42. The summed E-state index contributed by atoms with van der Waals surface area (Å²) in [7, 11) is 0. The van der Waals surface area contributed by atoms with Crippen LogP contribution in [-0.4, -0.2) is 17.6 Å². The molecule has 0 saturated carbocycles. The molecule has 24 heavy (non-hydrogen) atoms. The lowest BCUT2D eigenvalue weighted by atomic mass is 10.1. The molecule has 0 aliphatic heterocycles. The molecule has 0 radical (unpaired) electrons. The maximum atomic E-state index is 12.2. The zero-order valence-corrected chi connectivity index (χ0v) is 14.3. The second kappa shape index (κ2) is 7.07. The molecule has 3 aromatic rings. The van der Waals surface area contributed by atoms with Crippen LogP contribution in [0.1, 0.15) is 17.4 Å². The Morgan fingerprint density at radius 3 is 2.08 bits per heavy atom. The molecule has 4 nitrogen and oxygen atoms in total. The first-order valence-corrected chi connectivity index (χ1v) is 8.04. The van der Waals surface area contributed by atoms with Gasteiger partial charge in [-0.25, -0.2) is 9.78 Å². The number of nitrogens with zero attached hydrogens (tertiary/aromatic N) is 1. The highest BCUT2D eigenvalue weighted by Gasteiger charge is 2.23. The number of hydrogen-bond acceptors (Lipinski definition) is 4. The van der Waals surface area contributed by atoms with Crippen molar-refractivity contribution in [3.05, 3.63) is 64.3 Å². The molecule has 1 aromatic heterocycles. The van der Waals surface area contributed by atoms with Gasteiger partial charge in [0.05, 0.1) is 6.61 Å². The lowest BCUT2D eigenvalue weighted by Crippen LogP contribution is -2.06. The summed E-state index contributed by atoms with van der Waals surface area (Å²) in [6, 6.07) is 14.0. The summed E-state index contributed by atoms with van der Waals surface area (Å²) in [5.41, 5.74) is 1.53. The van der Waals surface area contributed by atoms with Crippen molar-refractivity contribution in [2.75, 3.05) is 6.61 Å². The molecule has 0 amide bonds. The van der Waals surface area contributed by atoms with Crippen LogP contribution >= 0.6 is 23.2 Å². The average molecular weight is 362 g/mol. The summed E-state index contributed by atoms with van der Waals surface area (Å²) < 4.78 is 10.9. The molecule has 6 heteroatoms. The van der Waals surface area contributed by atoms with Crippen molar-refractivity contribution in [1.29, 1.82) is 0 Å². The predicted molar refractivity (Wildman–Crippen MR) is 93.4 cm³/mol. The van der Waals surface area contributed by atoms with E-state index in [1.807, 2.05) is 0 Å². The molecule has 0 aliphatic carbocycles. The van der Waals surface area contributed by atoms with Crippen molar-refractivity contribution in [3.8, 4) is 22.8 Å². The first kappa shape index (κ1) is 16.6. The maximum Gasteiger partial charge on any atom is 0.361 e. The van der Waals surface area contributed by atoms with Gasteiger partial charge in [-0.05, 0) is 55.5 Å². The Labute approximate surface area is 149 Å². The predicted octanol–water partition coefficient (Wildman–Crippen LogP) is 5.49. The van der Waals surface area contributed by atoms with E-state index >= 15 is 0 Å². The molecule has 122 valence electrons. The van der Waals surface area contributed by atoms with Crippen molar-refractivity contribution in [2.24, 2.45) is 0 Å². The number of rotatable bonds is 4. The van der Waals surface area contributed by atoms with Gasteiger partial charge in [-0.3, -0.25) is 0 Å². The Kier molecular flexibility index (Phi) is 4.88. The zero-order valence-electron chi connectivity index (χ0n) is 12.8. The first-order valence-electron chi connectivity index (χ1n) is 7.28. The van der Waals surface area contributed by atoms with Gasteiger partial charge in [0.25, 0.3) is 0 Å². The highest BCUT2D eigenvalue weighted by atomic mass is 35.5. The number of benzene rings is 2. The fraction of sp³-hybridized carbons (Fsp3) is 0.111. The summed E-state index contributed by atoms with van der Waals surface area (Å²) >= 11 is 11.8. The van der Waals surface area contributed by atoms with Crippen molar-refractivity contribution < 1.29 is 13.9 Å². The Morgan fingerprint density at radius 1 is 1.00 bits per heavy atom. The molecule has 0 fully saturated rings. The van der Waals surface area contributed by atoms with Crippen LogP contribution in [-0.2, 0) is 4.74 Å². The van der Waals surface area contributed by atoms with Crippen LogP contribution in [0.15, 0.2) is 52.9 Å². The minimum Gasteiger partial charge on any atom is -0.461 e. The van der Waals surface area contributed by atoms with Crippen LogP contribution in [0.5, 0.6) is 0 Å². The van der Waals surface area contributed by atoms with E-state index in [2.05, 4.69) is 4.98 Å². The van der Waals surface area contributed by atoms with Gasteiger partial charge < -0.3 is 9.15 Å². The summed E-state index contributed by atoms with van der Waals surface area (Å²) in [6.45, 7) is 1.99. The number of aromatic nitrogens is 1. The average Bonchev–Trinajstić information content (AvgIpc) is 3.02. The molecular weight excluding hydrogens is 349 g/mol. The van der Waals surface area contributed by atoms with Gasteiger partial charge in [-0.15, -0.1) is 0 Å². The number of carbonyl (C=O) groups is 1. The van der Waals surface area contributed by atoms with Crippen molar-refractivity contribution in [2.45, 2.75) is 6.92 Å². The minimum absolute atomic E-state index is 0.129. The molecular formula is C18H13Cl2NO3. The molecule has 0 saturated heterocycles. The SMILES string of the molecule is CCOC(=O)c1nc(-c2ccc(Cl)cc2)oc1-c1ccc(Cl)cc1. The highest BCUT2D eigenvalue weighted by Crippen LogP contribution is 2.31. The van der Waals surface area contributed by atoms with Gasteiger partial charge in [0.2, 0.25) is 5.89 Å². The third-order valence-electron chi connectivity index (χ3n) is 3.29. The van der Waals surface area contributed by atoms with E-state index in [4.69, 9.17) is 32.4 Å². The van der Waals surface area contributed by atoms with Gasteiger partial charge in [-0.2, -0.15) is 0 Å². The molecule has 0 N–H and O–H groups in total. The van der Waals surface area contributed by atoms with E-state index in [0.717, 1.165) is 0 Å². The molecule has 0 aliphatic rings. The van der Waals surface area contributed by atoms with Crippen LogP contribution in [0.25, 0.3) is 22.8 Å². The molecule has 0 unspecified atom stereocenters. The van der Waals surface area contributed by atoms with Crippen LogP contribution in [0, 0.1) is 0 Å². The topological polar surface area (TPSA) is 52.3 Å². The Morgan fingerprint density at radius 2 is 1.54 bits per heavy atom. The first-order chi connectivity index (χ1) is 11.6.